The quantitative estimate of drug-likeness (QED) is 0.224. The minimum Gasteiger partial charge on any atom is -0.464 e. The number of aliphatic hydroxyl groups is 1. The number of rotatable bonds is 6. The second-order valence-electron chi connectivity index (χ2n) is 15.5. The van der Waals surface area contributed by atoms with Gasteiger partial charge in [0.2, 0.25) is 0 Å². The van der Waals surface area contributed by atoms with E-state index in [0.717, 1.165) is 51.2 Å². The largest absolute Gasteiger partial charge is 0.464 e. The minimum atomic E-state index is -0.953. The number of esters is 1. The lowest BCUT2D eigenvalue weighted by Gasteiger charge is -2.43. The predicted molar refractivity (Wildman–Crippen MR) is 207 cm³/mol. The van der Waals surface area contributed by atoms with E-state index in [4.69, 9.17) is 19.4 Å². The lowest BCUT2D eigenvalue weighted by atomic mass is 9.84. The number of hydrazine groups is 1. The van der Waals surface area contributed by atoms with E-state index in [0.29, 0.717) is 43.8 Å². The first-order chi connectivity index (χ1) is 25.9. The zero-order chi connectivity index (χ0) is 38.3. The smallest absolute Gasteiger partial charge is 0.324 e. The monoisotopic (exact) mass is 757 g/mol. The summed E-state index contributed by atoms with van der Waals surface area (Å²) >= 11 is 1.44. The average molecular weight is 758 g/mol. The van der Waals surface area contributed by atoms with Gasteiger partial charge in [-0.05, 0) is 76.3 Å². The molecule has 7 rings (SSSR count). The fourth-order valence-corrected chi connectivity index (χ4v) is 8.81. The van der Waals surface area contributed by atoms with Crippen molar-refractivity contribution in [1.82, 2.24) is 35.2 Å². The molecule has 5 atom stereocenters. The van der Waals surface area contributed by atoms with Gasteiger partial charge in [0.15, 0.2) is 0 Å². The van der Waals surface area contributed by atoms with E-state index in [1.807, 2.05) is 18.4 Å². The summed E-state index contributed by atoms with van der Waals surface area (Å²) in [5, 5.41) is 18.3. The van der Waals surface area contributed by atoms with Gasteiger partial charge in [-0.15, -0.1) is 11.3 Å². The fraction of sp³-hybridized carbons (Fsp3) is 0.525. The van der Waals surface area contributed by atoms with E-state index in [1.165, 1.54) is 16.3 Å². The summed E-state index contributed by atoms with van der Waals surface area (Å²) < 4.78 is 14.2. The molecule has 54 heavy (non-hydrogen) atoms. The van der Waals surface area contributed by atoms with Crippen molar-refractivity contribution < 1.29 is 29.0 Å². The zero-order valence-electron chi connectivity index (χ0n) is 31.9. The van der Waals surface area contributed by atoms with Crippen LogP contribution in [0.15, 0.2) is 41.9 Å². The Labute approximate surface area is 320 Å². The van der Waals surface area contributed by atoms with Crippen LogP contribution < -0.4 is 10.7 Å². The molecule has 0 radical (unpaired) electrons. The Kier molecular flexibility index (Phi) is 10.8. The number of pyridine rings is 1. The highest BCUT2D eigenvalue weighted by Crippen LogP contribution is 2.42. The third-order valence-electron chi connectivity index (χ3n) is 11.0. The Bertz CT molecular complexity index is 2040. The van der Waals surface area contributed by atoms with Gasteiger partial charge in [0.05, 0.1) is 46.9 Å². The van der Waals surface area contributed by atoms with Crippen LogP contribution in [0.25, 0.3) is 33.4 Å². The number of carbonyl (C=O) groups excluding carboxylic acids is 3. The van der Waals surface area contributed by atoms with Gasteiger partial charge in [-0.2, -0.15) is 0 Å². The van der Waals surface area contributed by atoms with Crippen LogP contribution in [0, 0.1) is 5.41 Å². The van der Waals surface area contributed by atoms with E-state index in [1.54, 1.807) is 25.1 Å². The molecule has 3 aromatic heterocycles. The van der Waals surface area contributed by atoms with Crippen LogP contribution in [0.3, 0.4) is 0 Å². The number of methoxy groups -OCH3 is 1. The van der Waals surface area contributed by atoms with Gasteiger partial charge in [-0.25, -0.2) is 15.2 Å². The molecule has 6 heterocycles. The van der Waals surface area contributed by atoms with Crippen LogP contribution in [-0.4, -0.2) is 98.5 Å². The molecule has 0 spiro atoms. The van der Waals surface area contributed by atoms with Crippen molar-refractivity contribution in [3.63, 3.8) is 0 Å². The molecule has 1 aromatic carbocycles. The number of nitrogens with one attached hydrogen (secondary N) is 2. The van der Waals surface area contributed by atoms with Crippen LogP contribution in [0.2, 0.25) is 0 Å². The van der Waals surface area contributed by atoms with Gasteiger partial charge < -0.3 is 29.4 Å². The number of benzene rings is 1. The molecule has 13 nitrogen and oxygen atoms in total. The number of hydrogen-bond acceptors (Lipinski definition) is 10. The molecule has 2 fully saturated rings. The molecule has 3 aliphatic heterocycles. The van der Waals surface area contributed by atoms with Crippen molar-refractivity contribution in [2.75, 3.05) is 26.8 Å². The summed E-state index contributed by atoms with van der Waals surface area (Å²) in [5.74, 6) is -0.778. The Morgan fingerprint density at radius 1 is 1.20 bits per heavy atom. The molecule has 4 aromatic rings. The number of carbonyl (C=O) groups is 3. The number of urea groups is 1. The highest BCUT2D eigenvalue weighted by atomic mass is 32.1. The molecule has 2 saturated heterocycles. The van der Waals surface area contributed by atoms with Crippen LogP contribution in [0.1, 0.15) is 76.3 Å². The molecule has 0 saturated carbocycles. The normalized spacial score (nSPS) is 23.0. The number of aromatic nitrogens is 3. The molecule has 0 unspecified atom stereocenters. The van der Waals surface area contributed by atoms with Gasteiger partial charge in [0.25, 0.3) is 5.91 Å². The Balaban J connectivity index is 1.33. The molecule has 3 amide bonds. The Hall–Kier alpha value is -4.37. The number of likely N-dealkylation sites (tertiary alicyclic amines) is 1. The SMILES string of the molecule is CCn1c(-c2cccnc2[C@H](C)OC)c2c3cc(ccc31)-c1csc(n1)C[C@H](NC(=O)N1CC[C@H]1[C@H](C)O)C(=O)N1CCC[C@H](N1)C(=O)OCC(C)(C)C2. The van der Waals surface area contributed by atoms with Crippen molar-refractivity contribution in [3.8, 4) is 22.5 Å². The van der Waals surface area contributed by atoms with Crippen molar-refractivity contribution in [3.05, 3.63) is 58.2 Å². The van der Waals surface area contributed by atoms with Gasteiger partial charge in [-0.1, -0.05) is 19.9 Å². The third kappa shape index (κ3) is 7.36. The van der Waals surface area contributed by atoms with Crippen LogP contribution in [0.5, 0.6) is 0 Å². The zero-order valence-corrected chi connectivity index (χ0v) is 32.7. The topological polar surface area (TPSA) is 151 Å². The van der Waals surface area contributed by atoms with Crippen LogP contribution in [0.4, 0.5) is 4.79 Å². The van der Waals surface area contributed by atoms with E-state index < -0.39 is 35.6 Å². The molecular formula is C40H51N7O6S. The summed E-state index contributed by atoms with van der Waals surface area (Å²) in [6.07, 6.45) is 3.45. The minimum absolute atomic E-state index is 0.162. The predicted octanol–water partition coefficient (Wildman–Crippen LogP) is 5.25. The lowest BCUT2D eigenvalue weighted by molar-refractivity contribution is -0.155. The molecule has 3 aliphatic rings. The summed E-state index contributed by atoms with van der Waals surface area (Å²) in [6.45, 7) is 11.8. The molecule has 0 aliphatic carbocycles. The number of cyclic esters (lactones) is 1. The molecular weight excluding hydrogens is 707 g/mol. The van der Waals surface area contributed by atoms with Gasteiger partial charge >= 0.3 is 12.0 Å². The first kappa shape index (κ1) is 37.9. The summed E-state index contributed by atoms with van der Waals surface area (Å²) in [7, 11) is 1.69. The number of amides is 3. The van der Waals surface area contributed by atoms with Gasteiger partial charge in [0.1, 0.15) is 12.1 Å². The Morgan fingerprint density at radius 3 is 2.74 bits per heavy atom. The maximum atomic E-state index is 14.2. The van der Waals surface area contributed by atoms with E-state index in [2.05, 4.69) is 60.3 Å². The number of hydrogen-bond donors (Lipinski definition) is 3. The van der Waals surface area contributed by atoms with Gasteiger partial charge in [-0.3, -0.25) is 19.6 Å². The van der Waals surface area contributed by atoms with Crippen molar-refractivity contribution >= 4 is 40.1 Å². The van der Waals surface area contributed by atoms with Crippen molar-refractivity contribution in [2.45, 2.75) is 104 Å². The van der Waals surface area contributed by atoms with Crippen LogP contribution >= 0.6 is 11.3 Å². The van der Waals surface area contributed by atoms with Crippen LogP contribution in [-0.2, 0) is 38.4 Å². The fourth-order valence-electron chi connectivity index (χ4n) is 7.96. The van der Waals surface area contributed by atoms with E-state index >= 15 is 0 Å². The maximum absolute atomic E-state index is 14.2. The number of ether oxygens (including phenoxy) is 2. The number of aryl methyl sites for hydroxylation is 1. The number of nitrogens with zero attached hydrogens (tertiary/aromatic N) is 5. The summed E-state index contributed by atoms with van der Waals surface area (Å²) in [6, 6.07) is 8.07. The molecule has 3 N–H and O–H groups in total. The van der Waals surface area contributed by atoms with E-state index in [-0.39, 0.29) is 31.1 Å². The van der Waals surface area contributed by atoms with Crippen molar-refractivity contribution in [1.29, 1.82) is 0 Å². The second-order valence-corrected chi connectivity index (χ2v) is 16.4. The highest BCUT2D eigenvalue weighted by Gasteiger charge is 2.39. The third-order valence-corrected chi connectivity index (χ3v) is 11.9. The van der Waals surface area contributed by atoms with Crippen molar-refractivity contribution in [2.24, 2.45) is 5.41 Å². The molecule has 288 valence electrons. The standard InChI is InChI=1S/C40H51N7O6S/c1-7-45-33-13-12-25-18-27(33)28(36(45)26-10-8-15-41-35(26)24(3)52-6)20-40(4,5)22-53-38(50)29-11-9-16-47(44-29)37(49)30(19-34-42-31(25)21-54-34)43-39(51)46-17-14-32(46)23(2)48/h8,10,12-13,15,18,21,23-24,29-30,32,44,48H,7,9,11,14,16-17,19-20,22H2,1-6H3,(H,43,51)/t23-,24-,29-,30-,32-/m0/s1. The number of fused-ring (bicyclic) bond motifs is 6. The number of aliphatic hydroxyl groups excluding tert-OH is 1. The highest BCUT2D eigenvalue weighted by molar-refractivity contribution is 7.10. The average Bonchev–Trinajstić information content (AvgIpc) is 3.73. The summed E-state index contributed by atoms with van der Waals surface area (Å²) in [5.41, 5.74) is 9.47. The summed E-state index contributed by atoms with van der Waals surface area (Å²) in [4.78, 5) is 52.6. The maximum Gasteiger partial charge on any atom is 0.324 e. The number of thiazole rings is 1. The van der Waals surface area contributed by atoms with E-state index in [9.17, 15) is 19.5 Å². The Morgan fingerprint density at radius 2 is 2.02 bits per heavy atom. The second kappa shape index (κ2) is 15.4. The van der Waals surface area contributed by atoms with Gasteiger partial charge in [0, 0.05) is 72.2 Å². The first-order valence-electron chi connectivity index (χ1n) is 19.0. The first-order valence-corrected chi connectivity index (χ1v) is 19.8. The lowest BCUT2D eigenvalue weighted by Crippen LogP contribution is -2.64. The molecule has 6 bridgehead atoms. The molecule has 14 heteroatoms.